The van der Waals surface area contributed by atoms with E-state index >= 15 is 0 Å². The van der Waals surface area contributed by atoms with Gasteiger partial charge in [-0.3, -0.25) is 19.5 Å². The van der Waals surface area contributed by atoms with Crippen molar-refractivity contribution in [3.05, 3.63) is 113 Å². The van der Waals surface area contributed by atoms with Crippen molar-refractivity contribution in [1.82, 2.24) is 4.57 Å². The summed E-state index contributed by atoms with van der Waals surface area (Å²) in [4.78, 5) is 42.2. The molecule has 12 heteroatoms. The van der Waals surface area contributed by atoms with Crippen LogP contribution in [0.2, 0.25) is 0 Å². The van der Waals surface area contributed by atoms with Gasteiger partial charge in [0.1, 0.15) is 23.1 Å². The Morgan fingerprint density at radius 1 is 1.23 bits per heavy atom. The molecule has 1 aliphatic rings. The van der Waals surface area contributed by atoms with E-state index in [9.17, 15) is 24.1 Å². The molecule has 0 unspecified atom stereocenters. The smallest absolute Gasteiger partial charge is 0.338 e. The third kappa shape index (κ3) is 4.84. The van der Waals surface area contributed by atoms with Gasteiger partial charge in [0.05, 0.1) is 46.0 Å². The highest BCUT2D eigenvalue weighted by Gasteiger charge is 2.33. The molecule has 0 bridgehead atoms. The molecular weight excluding hydrogens is 541 g/mol. The molecule has 0 saturated carbocycles. The molecule has 0 aliphatic carbocycles. The molecule has 1 atom stereocenters. The monoisotopic (exact) mass is 563 g/mol. The van der Waals surface area contributed by atoms with Crippen molar-refractivity contribution in [3.8, 4) is 17.1 Å². The number of nitro groups is 1. The summed E-state index contributed by atoms with van der Waals surface area (Å²) >= 11 is 1.10. The lowest BCUT2D eigenvalue weighted by Gasteiger charge is -2.24. The lowest BCUT2D eigenvalue weighted by Crippen LogP contribution is -2.39. The van der Waals surface area contributed by atoms with E-state index in [0.717, 1.165) is 11.3 Å². The number of methoxy groups -OCH3 is 1. The number of nitrogens with zero attached hydrogens (tertiary/aromatic N) is 3. The van der Waals surface area contributed by atoms with Crippen LogP contribution in [0.15, 0.2) is 80.1 Å². The van der Waals surface area contributed by atoms with Crippen LogP contribution in [0.4, 0.5) is 10.1 Å². The van der Waals surface area contributed by atoms with E-state index in [1.54, 1.807) is 26.0 Å². The topological polar surface area (TPSA) is 126 Å². The number of esters is 1. The summed E-state index contributed by atoms with van der Waals surface area (Å²) in [6, 6.07) is 12.1. The lowest BCUT2D eigenvalue weighted by atomic mass is 9.96. The zero-order chi connectivity index (χ0) is 28.6. The number of benzene rings is 2. The number of thiazole rings is 1. The number of hydrogen-bond acceptors (Lipinski definition) is 9. The summed E-state index contributed by atoms with van der Waals surface area (Å²) in [5.74, 6) is -0.0673. The first-order valence-corrected chi connectivity index (χ1v) is 12.9. The minimum Gasteiger partial charge on any atom is -0.496 e. The molecule has 5 rings (SSSR count). The molecule has 0 fully saturated rings. The Labute approximate surface area is 230 Å². The summed E-state index contributed by atoms with van der Waals surface area (Å²) in [5.41, 5.74) is 0.909. The van der Waals surface area contributed by atoms with E-state index in [2.05, 4.69) is 4.99 Å². The van der Waals surface area contributed by atoms with Gasteiger partial charge in [0.25, 0.3) is 11.2 Å². The third-order valence-electron chi connectivity index (χ3n) is 6.26. The molecule has 0 N–H and O–H groups in total. The van der Waals surface area contributed by atoms with Gasteiger partial charge in [-0.2, -0.15) is 0 Å². The third-order valence-corrected chi connectivity index (χ3v) is 7.25. The standard InChI is InChI=1S/C28H22FN3O7S/c1-4-38-27(34)24-15(2)30-28-31(25(24)16-5-7-17(29)8-6-16)26(33)23(40-28)14-19-10-12-22(39-19)20-13-18(32(35)36)9-11-21(20)37-3/h5-14,25H,4H2,1-3H3/t25-/m1/s1. The lowest BCUT2D eigenvalue weighted by molar-refractivity contribution is -0.384. The number of non-ortho nitro benzene ring substituents is 1. The van der Waals surface area contributed by atoms with Crippen LogP contribution in [-0.4, -0.2) is 29.2 Å². The zero-order valence-corrected chi connectivity index (χ0v) is 22.4. The van der Waals surface area contributed by atoms with E-state index in [-0.39, 0.29) is 22.4 Å². The summed E-state index contributed by atoms with van der Waals surface area (Å²) in [5, 5.41) is 11.3. The highest BCUT2D eigenvalue weighted by Crippen LogP contribution is 2.35. The predicted molar refractivity (Wildman–Crippen MR) is 144 cm³/mol. The van der Waals surface area contributed by atoms with Crippen LogP contribution in [0.3, 0.4) is 0 Å². The molecule has 1 aliphatic heterocycles. The first-order valence-electron chi connectivity index (χ1n) is 12.1. The Hall–Kier alpha value is -4.84. The van der Waals surface area contributed by atoms with Gasteiger partial charge in [0, 0.05) is 18.2 Å². The number of carbonyl (C=O) groups is 1. The molecule has 40 heavy (non-hydrogen) atoms. The molecule has 2 aromatic carbocycles. The van der Waals surface area contributed by atoms with Crippen molar-refractivity contribution in [2.24, 2.45) is 4.99 Å². The quantitative estimate of drug-likeness (QED) is 0.188. The number of allylic oxidation sites excluding steroid dienone is 1. The molecule has 0 amide bonds. The Balaban J connectivity index is 1.63. The average Bonchev–Trinajstić information content (AvgIpc) is 3.52. The predicted octanol–water partition coefficient (Wildman–Crippen LogP) is 4.11. The minimum absolute atomic E-state index is 0.129. The van der Waals surface area contributed by atoms with E-state index in [4.69, 9.17) is 13.9 Å². The molecule has 204 valence electrons. The number of rotatable bonds is 7. The highest BCUT2D eigenvalue weighted by molar-refractivity contribution is 7.07. The maximum absolute atomic E-state index is 13.7. The fraction of sp³-hybridized carbons (Fsp3) is 0.179. The summed E-state index contributed by atoms with van der Waals surface area (Å²) in [7, 11) is 1.44. The number of aromatic nitrogens is 1. The second-order valence-electron chi connectivity index (χ2n) is 8.70. The van der Waals surface area contributed by atoms with Gasteiger partial charge in [-0.25, -0.2) is 14.2 Å². The maximum Gasteiger partial charge on any atom is 0.338 e. The Kier molecular flexibility index (Phi) is 7.18. The first kappa shape index (κ1) is 26.8. The number of fused-ring (bicyclic) bond motifs is 1. The van der Waals surface area contributed by atoms with Gasteiger partial charge in [0.2, 0.25) is 0 Å². The van der Waals surface area contributed by atoms with Crippen molar-refractivity contribution in [2.75, 3.05) is 13.7 Å². The zero-order valence-electron chi connectivity index (χ0n) is 21.5. The van der Waals surface area contributed by atoms with E-state index in [0.29, 0.717) is 38.9 Å². The SMILES string of the molecule is CCOC(=O)C1=C(C)N=c2sc(=Cc3ccc(-c4cc([N+](=O)[O-])ccc4OC)o3)c(=O)n2[C@@H]1c1ccc(F)cc1. The van der Waals surface area contributed by atoms with E-state index in [1.807, 2.05) is 0 Å². The number of nitro benzene ring substituents is 1. The molecule has 10 nitrogen and oxygen atoms in total. The van der Waals surface area contributed by atoms with Gasteiger partial charge < -0.3 is 13.9 Å². The highest BCUT2D eigenvalue weighted by atomic mass is 32.1. The average molecular weight is 564 g/mol. The van der Waals surface area contributed by atoms with Crippen LogP contribution < -0.4 is 19.6 Å². The van der Waals surface area contributed by atoms with Crippen LogP contribution in [0, 0.1) is 15.9 Å². The van der Waals surface area contributed by atoms with Crippen LogP contribution >= 0.6 is 11.3 Å². The number of hydrogen-bond donors (Lipinski definition) is 0. The van der Waals surface area contributed by atoms with Crippen molar-refractivity contribution in [1.29, 1.82) is 0 Å². The van der Waals surface area contributed by atoms with Crippen LogP contribution in [0.25, 0.3) is 17.4 Å². The summed E-state index contributed by atoms with van der Waals surface area (Å²) in [6.07, 6.45) is 1.53. The van der Waals surface area contributed by atoms with Gasteiger partial charge >= 0.3 is 5.97 Å². The van der Waals surface area contributed by atoms with Crippen LogP contribution in [0.1, 0.15) is 31.2 Å². The minimum atomic E-state index is -0.876. The van der Waals surface area contributed by atoms with Crippen LogP contribution in [0.5, 0.6) is 5.75 Å². The Bertz CT molecular complexity index is 1850. The molecule has 2 aromatic heterocycles. The van der Waals surface area contributed by atoms with Crippen molar-refractivity contribution in [3.63, 3.8) is 0 Å². The first-order chi connectivity index (χ1) is 19.2. The van der Waals surface area contributed by atoms with Gasteiger partial charge in [-0.15, -0.1) is 0 Å². The van der Waals surface area contributed by atoms with Gasteiger partial charge in [-0.1, -0.05) is 23.5 Å². The fourth-order valence-corrected chi connectivity index (χ4v) is 5.49. The molecule has 3 heterocycles. The summed E-state index contributed by atoms with van der Waals surface area (Å²) < 4.78 is 31.9. The van der Waals surface area contributed by atoms with E-state index in [1.165, 1.54) is 60.2 Å². The van der Waals surface area contributed by atoms with Crippen molar-refractivity contribution < 1.29 is 28.0 Å². The molecule has 4 aromatic rings. The second kappa shape index (κ2) is 10.7. The van der Waals surface area contributed by atoms with Crippen LogP contribution in [-0.2, 0) is 9.53 Å². The second-order valence-corrected chi connectivity index (χ2v) is 9.71. The number of ether oxygens (including phenoxy) is 2. The number of halogens is 1. The number of furan rings is 1. The summed E-state index contributed by atoms with van der Waals surface area (Å²) in [6.45, 7) is 3.47. The van der Waals surface area contributed by atoms with E-state index < -0.39 is 28.3 Å². The molecule has 0 spiro atoms. The maximum atomic E-state index is 13.7. The molecule has 0 saturated heterocycles. The Morgan fingerprint density at radius 3 is 2.65 bits per heavy atom. The largest absolute Gasteiger partial charge is 0.496 e. The fourth-order valence-electron chi connectivity index (χ4n) is 4.46. The van der Waals surface area contributed by atoms with Gasteiger partial charge in [-0.05, 0) is 49.7 Å². The molecular formula is C28H22FN3O7S. The normalized spacial score (nSPS) is 15.0. The Morgan fingerprint density at radius 2 is 1.98 bits per heavy atom. The molecule has 0 radical (unpaired) electrons. The van der Waals surface area contributed by atoms with Gasteiger partial charge in [0.15, 0.2) is 4.80 Å². The number of carbonyl (C=O) groups excluding carboxylic acids is 1. The van der Waals surface area contributed by atoms with Crippen molar-refractivity contribution in [2.45, 2.75) is 19.9 Å². The van der Waals surface area contributed by atoms with Crippen molar-refractivity contribution >= 4 is 29.1 Å².